The van der Waals surface area contributed by atoms with Gasteiger partial charge in [-0.3, -0.25) is 15.0 Å². The second kappa shape index (κ2) is 5.99. The van der Waals surface area contributed by atoms with Crippen LogP contribution in [0, 0.1) is 29.6 Å². The van der Waals surface area contributed by atoms with Crippen molar-refractivity contribution in [3.8, 4) is 0 Å². The van der Waals surface area contributed by atoms with E-state index in [2.05, 4.69) is 5.10 Å². The molecular formula is C15H18F3N3O2. The molecule has 2 unspecified atom stereocenters. The monoisotopic (exact) mass is 329 g/mol. The highest BCUT2D eigenvalue weighted by atomic mass is 19.4. The Hall–Kier alpha value is -1.83. The van der Waals surface area contributed by atoms with Crippen molar-refractivity contribution in [1.29, 1.82) is 0 Å². The average molecular weight is 329 g/mol. The Balaban J connectivity index is 1.66. The first kappa shape index (κ1) is 16.0. The number of rotatable bonds is 4. The first-order valence-corrected chi connectivity index (χ1v) is 7.54. The first-order chi connectivity index (χ1) is 10.9. The lowest BCUT2D eigenvalue weighted by molar-refractivity contribution is -0.145. The first-order valence-electron chi connectivity index (χ1n) is 7.54. The maximum absolute atomic E-state index is 12.4. The molecule has 2 aliphatic carbocycles. The summed E-state index contributed by atoms with van der Waals surface area (Å²) >= 11 is 0. The van der Waals surface area contributed by atoms with Gasteiger partial charge >= 0.3 is 6.18 Å². The normalized spacial score (nSPS) is 35.7. The zero-order valence-electron chi connectivity index (χ0n) is 12.3. The molecule has 1 heterocycles. The average Bonchev–Trinajstić information content (AvgIpc) is 3.10. The molecular weight excluding hydrogens is 311 g/mol. The quantitative estimate of drug-likeness (QED) is 0.612. The van der Waals surface area contributed by atoms with Gasteiger partial charge in [0.15, 0.2) is 0 Å². The molecule has 1 saturated carbocycles. The smallest absolute Gasteiger partial charge is 0.289 e. The van der Waals surface area contributed by atoms with Crippen LogP contribution in [-0.4, -0.2) is 41.6 Å². The molecule has 0 aromatic heterocycles. The van der Waals surface area contributed by atoms with Gasteiger partial charge in [-0.25, -0.2) is 5.48 Å². The molecule has 2 N–H and O–H groups in total. The maximum atomic E-state index is 12.4. The highest BCUT2D eigenvalue weighted by Crippen LogP contribution is 2.57. The topological polar surface area (TPSA) is 64.9 Å². The highest BCUT2D eigenvalue weighted by molar-refractivity contribution is 5.82. The summed E-state index contributed by atoms with van der Waals surface area (Å²) in [6.07, 6.45) is 5.87. The van der Waals surface area contributed by atoms with E-state index in [-0.39, 0.29) is 36.1 Å². The van der Waals surface area contributed by atoms with Crippen molar-refractivity contribution in [1.82, 2.24) is 10.5 Å². The number of hydrogen-bond donors (Lipinski definition) is 2. The minimum atomic E-state index is -4.30. The van der Waals surface area contributed by atoms with E-state index in [0.29, 0.717) is 0 Å². The molecule has 8 heteroatoms. The van der Waals surface area contributed by atoms with E-state index in [1.807, 2.05) is 24.3 Å². The molecule has 1 amide bonds. The lowest BCUT2D eigenvalue weighted by Gasteiger charge is -2.18. The van der Waals surface area contributed by atoms with Crippen LogP contribution in [0.2, 0.25) is 0 Å². The number of carbonyl (C=O) groups excluding carboxylic acids is 1. The van der Waals surface area contributed by atoms with E-state index < -0.39 is 18.6 Å². The van der Waals surface area contributed by atoms with Gasteiger partial charge in [0.05, 0.1) is 0 Å². The summed E-state index contributed by atoms with van der Waals surface area (Å²) in [5, 5.41) is 13.7. The number of alkyl halides is 3. The van der Waals surface area contributed by atoms with E-state index in [1.165, 1.54) is 6.21 Å². The fraction of sp³-hybridized carbons (Fsp3) is 0.600. The van der Waals surface area contributed by atoms with E-state index in [4.69, 9.17) is 5.21 Å². The van der Waals surface area contributed by atoms with Crippen molar-refractivity contribution in [3.05, 3.63) is 24.3 Å². The van der Waals surface area contributed by atoms with Gasteiger partial charge in [0, 0.05) is 24.6 Å². The molecule has 0 spiro atoms. The van der Waals surface area contributed by atoms with Crippen molar-refractivity contribution >= 4 is 12.1 Å². The molecule has 126 valence electrons. The molecule has 0 radical (unpaired) electrons. The number of hydrazone groups is 1. The van der Waals surface area contributed by atoms with Crippen LogP contribution in [0.3, 0.4) is 0 Å². The Morgan fingerprint density at radius 2 is 2.04 bits per heavy atom. The largest absolute Gasteiger partial charge is 0.407 e. The molecule has 3 aliphatic rings. The summed E-state index contributed by atoms with van der Waals surface area (Å²) in [4.78, 5) is 11.9. The van der Waals surface area contributed by atoms with Crippen LogP contribution in [-0.2, 0) is 4.79 Å². The predicted octanol–water partition coefficient (Wildman–Crippen LogP) is 1.97. The highest BCUT2D eigenvalue weighted by Gasteiger charge is 2.60. The molecule has 1 fully saturated rings. The van der Waals surface area contributed by atoms with Crippen LogP contribution in [0.1, 0.15) is 6.42 Å². The van der Waals surface area contributed by atoms with Crippen molar-refractivity contribution < 1.29 is 23.2 Å². The molecule has 1 aliphatic heterocycles. The standard InChI is InChI=1S/C15H18F3N3O2/c16-15(17,18)8-21-7-10(6-19-21)12-11(13(12)14(22)20-23)9-4-2-1-3-5-9/h1-4,6,9-13,23H,5,7-8H2,(H,20,22)/t9?,10?,11-,12-,13-/m1/s1. The van der Waals surface area contributed by atoms with Gasteiger partial charge in [0.2, 0.25) is 5.91 Å². The Bertz CT molecular complexity index is 559. The number of carbonyl (C=O) groups is 1. The molecule has 0 bridgehead atoms. The Labute approximate surface area is 131 Å². The van der Waals surface area contributed by atoms with E-state index in [0.717, 1.165) is 11.4 Å². The van der Waals surface area contributed by atoms with Gasteiger partial charge in [-0.15, -0.1) is 0 Å². The van der Waals surface area contributed by atoms with E-state index in [1.54, 1.807) is 5.48 Å². The number of nitrogens with one attached hydrogen (secondary N) is 1. The van der Waals surface area contributed by atoms with E-state index in [9.17, 15) is 18.0 Å². The maximum Gasteiger partial charge on any atom is 0.407 e. The van der Waals surface area contributed by atoms with Gasteiger partial charge in [0.1, 0.15) is 6.54 Å². The van der Waals surface area contributed by atoms with Crippen LogP contribution in [0.15, 0.2) is 29.4 Å². The SMILES string of the molecule is O=C(NO)[C@@H]1[C@H](C2C=CC=CC2)[C@H]1C1C=NN(CC(F)(F)F)C1. The predicted molar refractivity (Wildman–Crippen MR) is 76.4 cm³/mol. The Morgan fingerprint density at radius 3 is 2.65 bits per heavy atom. The zero-order valence-corrected chi connectivity index (χ0v) is 12.3. The summed E-state index contributed by atoms with van der Waals surface area (Å²) in [6.45, 7) is -0.928. The fourth-order valence-electron chi connectivity index (χ4n) is 3.82. The molecule has 23 heavy (non-hydrogen) atoms. The third kappa shape index (κ3) is 3.41. The van der Waals surface area contributed by atoms with Crippen molar-refractivity contribution in [2.24, 2.45) is 34.7 Å². The van der Waals surface area contributed by atoms with Crippen LogP contribution in [0.5, 0.6) is 0 Å². The van der Waals surface area contributed by atoms with E-state index >= 15 is 0 Å². The van der Waals surface area contributed by atoms with Gasteiger partial charge in [-0.05, 0) is 24.2 Å². The van der Waals surface area contributed by atoms with Crippen molar-refractivity contribution in [2.45, 2.75) is 12.6 Å². The van der Waals surface area contributed by atoms with Crippen LogP contribution in [0.4, 0.5) is 13.2 Å². The minimum absolute atomic E-state index is 0.0191. The molecule has 0 aromatic rings. The number of amides is 1. The third-order valence-corrected chi connectivity index (χ3v) is 4.75. The summed E-state index contributed by atoms with van der Waals surface area (Å²) in [6, 6.07) is 0. The number of hydrogen-bond acceptors (Lipinski definition) is 4. The second-order valence-corrected chi connectivity index (χ2v) is 6.26. The van der Waals surface area contributed by atoms with Crippen LogP contribution in [0.25, 0.3) is 0 Å². The summed E-state index contributed by atoms with van der Waals surface area (Å²) < 4.78 is 37.3. The lowest BCUT2D eigenvalue weighted by atomic mass is 9.91. The number of halogens is 3. The second-order valence-electron chi connectivity index (χ2n) is 6.26. The third-order valence-electron chi connectivity index (χ3n) is 4.75. The summed E-state index contributed by atoms with van der Waals surface area (Å²) in [5.74, 6) is -0.966. The number of nitrogens with zero attached hydrogens (tertiary/aromatic N) is 2. The molecule has 0 saturated heterocycles. The zero-order chi connectivity index (χ0) is 16.6. The van der Waals surface area contributed by atoms with Crippen molar-refractivity contribution in [2.75, 3.05) is 13.1 Å². The Kier molecular flexibility index (Phi) is 4.18. The van der Waals surface area contributed by atoms with Gasteiger partial charge in [-0.2, -0.15) is 18.3 Å². The van der Waals surface area contributed by atoms with Crippen LogP contribution < -0.4 is 5.48 Å². The fourth-order valence-corrected chi connectivity index (χ4v) is 3.82. The van der Waals surface area contributed by atoms with Crippen molar-refractivity contribution in [3.63, 3.8) is 0 Å². The molecule has 5 atom stereocenters. The molecule has 0 aromatic carbocycles. The number of hydroxylamine groups is 1. The molecule has 3 rings (SSSR count). The van der Waals surface area contributed by atoms with Gasteiger partial charge in [0.25, 0.3) is 0 Å². The van der Waals surface area contributed by atoms with Gasteiger partial charge < -0.3 is 0 Å². The summed E-state index contributed by atoms with van der Waals surface area (Å²) in [5.41, 5.74) is 1.68. The summed E-state index contributed by atoms with van der Waals surface area (Å²) in [7, 11) is 0. The minimum Gasteiger partial charge on any atom is -0.289 e. The molecule has 5 nitrogen and oxygen atoms in total. The number of allylic oxidation sites excluding steroid dienone is 4. The Morgan fingerprint density at radius 1 is 1.30 bits per heavy atom. The van der Waals surface area contributed by atoms with Crippen LogP contribution >= 0.6 is 0 Å². The lowest BCUT2D eigenvalue weighted by Crippen LogP contribution is -2.31. The van der Waals surface area contributed by atoms with Gasteiger partial charge in [-0.1, -0.05) is 24.3 Å².